The Bertz CT molecular complexity index is 94.4. The van der Waals surface area contributed by atoms with Crippen LogP contribution in [-0.4, -0.2) is 24.1 Å². The molecule has 1 heterocycles. The molecule has 8 heavy (non-hydrogen) atoms. The molecule has 0 spiro atoms. The molecule has 0 bridgehead atoms. The molecule has 1 aliphatic heterocycles. The second-order valence-electron chi connectivity index (χ2n) is 1.95. The first-order chi connectivity index (χ1) is 3.83. The summed E-state index contributed by atoms with van der Waals surface area (Å²) in [7, 11) is 0. The van der Waals surface area contributed by atoms with Crippen molar-refractivity contribution in [2.45, 2.75) is 19.4 Å². The summed E-state index contributed by atoms with van der Waals surface area (Å²) in [6, 6.07) is 0. The fraction of sp³-hybridized carbons (Fsp3) is 0.800. The minimum absolute atomic E-state index is 0.222. The molecule has 0 N–H and O–H groups in total. The summed E-state index contributed by atoms with van der Waals surface area (Å²) in [4.78, 5) is 14.9. The summed E-state index contributed by atoms with van der Waals surface area (Å²) in [5, 5.41) is 1.32. The van der Waals surface area contributed by atoms with Crippen LogP contribution in [0.3, 0.4) is 0 Å². The average molecular weight is 115 g/mol. The Labute approximate surface area is 48.2 Å². The van der Waals surface area contributed by atoms with Gasteiger partial charge in [-0.2, -0.15) is 0 Å². The normalized spacial score (nSPS) is 28.6. The molecule has 1 unspecified atom stereocenters. The monoisotopic (exact) mass is 115 g/mol. The maximum atomic E-state index is 9.95. The minimum Gasteiger partial charge on any atom is -0.276 e. The van der Waals surface area contributed by atoms with Gasteiger partial charge in [-0.1, -0.05) is 0 Å². The third-order valence-corrected chi connectivity index (χ3v) is 1.19. The van der Waals surface area contributed by atoms with Crippen molar-refractivity contribution in [3.05, 3.63) is 0 Å². The number of rotatable bonds is 1. The van der Waals surface area contributed by atoms with E-state index in [1.807, 2.05) is 6.92 Å². The Morgan fingerprint density at radius 1 is 1.88 bits per heavy atom. The fourth-order valence-electron chi connectivity index (χ4n) is 0.723. The standard InChI is InChI=1S/C5H9NO2/c1-5-2-3-6(4-7)8-5/h4-5H,2-3H2,1H3. The molecule has 0 aromatic rings. The van der Waals surface area contributed by atoms with E-state index < -0.39 is 0 Å². The first-order valence-corrected chi connectivity index (χ1v) is 2.71. The number of carbonyl (C=O) groups is 1. The molecule has 0 aromatic carbocycles. The fourth-order valence-corrected chi connectivity index (χ4v) is 0.723. The van der Waals surface area contributed by atoms with Gasteiger partial charge in [-0.25, -0.2) is 5.06 Å². The lowest BCUT2D eigenvalue weighted by atomic mass is 10.3. The van der Waals surface area contributed by atoms with E-state index in [1.54, 1.807) is 0 Å². The lowest BCUT2D eigenvalue weighted by Crippen LogP contribution is -2.15. The maximum absolute atomic E-state index is 9.95. The molecular weight excluding hydrogens is 106 g/mol. The van der Waals surface area contributed by atoms with Gasteiger partial charge in [0.25, 0.3) is 0 Å². The highest BCUT2D eigenvalue weighted by atomic mass is 16.7. The topological polar surface area (TPSA) is 29.5 Å². The first kappa shape index (κ1) is 5.56. The van der Waals surface area contributed by atoms with E-state index in [0.29, 0.717) is 6.41 Å². The molecule has 0 saturated carbocycles. The van der Waals surface area contributed by atoms with Crippen LogP contribution in [-0.2, 0) is 9.63 Å². The van der Waals surface area contributed by atoms with Crippen LogP contribution in [0, 0.1) is 0 Å². The van der Waals surface area contributed by atoms with Gasteiger partial charge in [-0.3, -0.25) is 9.63 Å². The Hall–Kier alpha value is -0.570. The van der Waals surface area contributed by atoms with E-state index in [2.05, 4.69) is 0 Å². The predicted octanol–water partition coefficient (Wildman–Crippen LogP) is 0.169. The van der Waals surface area contributed by atoms with E-state index in [1.165, 1.54) is 5.06 Å². The van der Waals surface area contributed by atoms with Crippen LogP contribution in [0.5, 0.6) is 0 Å². The number of hydrogen-bond acceptors (Lipinski definition) is 2. The van der Waals surface area contributed by atoms with Crippen LogP contribution < -0.4 is 0 Å². The summed E-state index contributed by atoms with van der Waals surface area (Å²) in [6.45, 7) is 2.69. The second kappa shape index (κ2) is 2.13. The molecule has 1 saturated heterocycles. The van der Waals surface area contributed by atoms with Gasteiger partial charge in [-0.15, -0.1) is 0 Å². The van der Waals surface area contributed by atoms with Crippen LogP contribution in [0.4, 0.5) is 0 Å². The van der Waals surface area contributed by atoms with Crippen LogP contribution in [0.25, 0.3) is 0 Å². The molecule has 0 aromatic heterocycles. The van der Waals surface area contributed by atoms with Crippen molar-refractivity contribution in [2.75, 3.05) is 6.54 Å². The summed E-state index contributed by atoms with van der Waals surface area (Å²) in [5.41, 5.74) is 0. The van der Waals surface area contributed by atoms with Crippen LogP contribution >= 0.6 is 0 Å². The number of nitrogens with zero attached hydrogens (tertiary/aromatic N) is 1. The van der Waals surface area contributed by atoms with Gasteiger partial charge in [0.2, 0.25) is 6.41 Å². The third-order valence-electron chi connectivity index (χ3n) is 1.19. The third kappa shape index (κ3) is 0.980. The van der Waals surface area contributed by atoms with Crippen molar-refractivity contribution < 1.29 is 9.63 Å². The Morgan fingerprint density at radius 2 is 2.62 bits per heavy atom. The molecule has 0 aliphatic carbocycles. The Balaban J connectivity index is 2.32. The van der Waals surface area contributed by atoms with Gasteiger partial charge in [0.15, 0.2) is 0 Å². The molecule has 1 amide bonds. The summed E-state index contributed by atoms with van der Waals surface area (Å²) >= 11 is 0. The largest absolute Gasteiger partial charge is 0.276 e. The number of amides is 1. The van der Waals surface area contributed by atoms with Gasteiger partial charge in [0, 0.05) is 0 Å². The molecule has 1 fully saturated rings. The quantitative estimate of drug-likeness (QED) is 0.456. The SMILES string of the molecule is CC1CCN(C=O)O1. The van der Waals surface area contributed by atoms with Gasteiger partial charge in [0.05, 0.1) is 12.6 Å². The highest BCUT2D eigenvalue weighted by molar-refractivity contribution is 5.45. The molecule has 1 atom stereocenters. The zero-order valence-electron chi connectivity index (χ0n) is 4.83. The minimum atomic E-state index is 0.222. The first-order valence-electron chi connectivity index (χ1n) is 2.71. The van der Waals surface area contributed by atoms with E-state index >= 15 is 0 Å². The molecule has 1 aliphatic rings. The van der Waals surface area contributed by atoms with Gasteiger partial charge in [-0.05, 0) is 13.3 Å². The smallest absolute Gasteiger partial charge is 0.233 e. The number of hydrogen-bond donors (Lipinski definition) is 0. The molecular formula is C5H9NO2. The lowest BCUT2D eigenvalue weighted by molar-refractivity contribution is -0.163. The summed E-state index contributed by atoms with van der Waals surface area (Å²) in [5.74, 6) is 0. The van der Waals surface area contributed by atoms with Gasteiger partial charge >= 0.3 is 0 Å². The molecule has 46 valence electrons. The van der Waals surface area contributed by atoms with Crippen molar-refractivity contribution in [1.29, 1.82) is 0 Å². The van der Waals surface area contributed by atoms with Crippen molar-refractivity contribution in [2.24, 2.45) is 0 Å². The number of carbonyl (C=O) groups excluding carboxylic acids is 1. The molecule has 0 radical (unpaired) electrons. The molecule has 3 heteroatoms. The number of hydroxylamine groups is 2. The van der Waals surface area contributed by atoms with E-state index in [9.17, 15) is 4.79 Å². The van der Waals surface area contributed by atoms with Crippen molar-refractivity contribution >= 4 is 6.41 Å². The maximum Gasteiger partial charge on any atom is 0.233 e. The van der Waals surface area contributed by atoms with Crippen molar-refractivity contribution in [3.63, 3.8) is 0 Å². The zero-order valence-corrected chi connectivity index (χ0v) is 4.83. The highest BCUT2D eigenvalue weighted by Gasteiger charge is 2.16. The van der Waals surface area contributed by atoms with E-state index in [4.69, 9.17) is 4.84 Å². The van der Waals surface area contributed by atoms with Crippen molar-refractivity contribution in [3.8, 4) is 0 Å². The Morgan fingerprint density at radius 3 is 2.88 bits per heavy atom. The molecule has 3 nitrogen and oxygen atoms in total. The summed E-state index contributed by atoms with van der Waals surface area (Å²) in [6.07, 6.45) is 1.89. The lowest BCUT2D eigenvalue weighted by Gasteiger charge is -2.05. The second-order valence-corrected chi connectivity index (χ2v) is 1.95. The van der Waals surface area contributed by atoms with Crippen LogP contribution in [0.1, 0.15) is 13.3 Å². The predicted molar refractivity (Wildman–Crippen MR) is 27.9 cm³/mol. The van der Waals surface area contributed by atoms with Gasteiger partial charge < -0.3 is 0 Å². The molecule has 1 rings (SSSR count). The van der Waals surface area contributed by atoms with Gasteiger partial charge in [0.1, 0.15) is 0 Å². The van der Waals surface area contributed by atoms with Crippen LogP contribution in [0.15, 0.2) is 0 Å². The Kier molecular flexibility index (Phi) is 1.48. The highest BCUT2D eigenvalue weighted by Crippen LogP contribution is 2.08. The van der Waals surface area contributed by atoms with Crippen molar-refractivity contribution in [1.82, 2.24) is 5.06 Å². The van der Waals surface area contributed by atoms with Crippen LogP contribution in [0.2, 0.25) is 0 Å². The summed E-state index contributed by atoms with van der Waals surface area (Å²) < 4.78 is 0. The van der Waals surface area contributed by atoms with E-state index in [-0.39, 0.29) is 6.10 Å². The average Bonchev–Trinajstić information content (AvgIpc) is 2.14. The zero-order chi connectivity index (χ0) is 5.98. The van der Waals surface area contributed by atoms with E-state index in [0.717, 1.165) is 13.0 Å².